The second kappa shape index (κ2) is 18.2. The van der Waals surface area contributed by atoms with Gasteiger partial charge >= 0.3 is 24.2 Å². The second-order valence-corrected chi connectivity index (χ2v) is 11.0. The Morgan fingerprint density at radius 2 is 1.37 bits per heavy atom. The average Bonchev–Trinajstić information content (AvgIpc) is 2.89. The molecule has 41 heavy (non-hydrogen) atoms. The Hall–Kier alpha value is -3.34. The van der Waals surface area contributed by atoms with E-state index >= 15 is 0 Å². The van der Waals surface area contributed by atoms with Crippen LogP contribution in [0.2, 0.25) is 0 Å². The Balaban J connectivity index is 3.12. The van der Waals surface area contributed by atoms with Crippen molar-refractivity contribution in [2.75, 3.05) is 26.9 Å². The van der Waals surface area contributed by atoms with Gasteiger partial charge in [0.2, 0.25) is 0 Å². The molecule has 1 unspecified atom stereocenters. The Labute approximate surface area is 243 Å². The highest BCUT2D eigenvalue weighted by Crippen LogP contribution is 2.31. The van der Waals surface area contributed by atoms with E-state index in [1.165, 1.54) is 19.2 Å². The minimum atomic E-state index is -1.56. The van der Waals surface area contributed by atoms with E-state index in [-0.39, 0.29) is 56.0 Å². The molecule has 1 aromatic rings. The minimum Gasteiger partial charge on any atom is -0.468 e. The van der Waals surface area contributed by atoms with Gasteiger partial charge < -0.3 is 34.2 Å². The average molecular weight is 582 g/mol. The van der Waals surface area contributed by atoms with Gasteiger partial charge in [0.05, 0.1) is 32.8 Å². The largest absolute Gasteiger partial charge is 0.513 e. The molecule has 11 nitrogen and oxygen atoms in total. The van der Waals surface area contributed by atoms with Crippen LogP contribution in [0.4, 0.5) is 9.59 Å². The summed E-state index contributed by atoms with van der Waals surface area (Å²) in [5.74, 6) is -0.900. The molecular formula is C30H47NO10. The summed E-state index contributed by atoms with van der Waals surface area (Å²) in [7, 11) is 1.21. The highest BCUT2D eigenvalue weighted by Gasteiger charge is 2.36. The van der Waals surface area contributed by atoms with Crippen LogP contribution in [-0.4, -0.2) is 56.7 Å². The predicted octanol–water partition coefficient (Wildman–Crippen LogP) is 5.59. The molecule has 0 fully saturated rings. The SMILES string of the molecule is CCCC(C)C(=O)OCC[C@@](N)(Cc1ccc(OC(=O)OCCC(C)C)c(OC(=O)OCCC(C)C)c1)C(=O)OC. The van der Waals surface area contributed by atoms with Gasteiger partial charge in [-0.2, -0.15) is 0 Å². The van der Waals surface area contributed by atoms with Crippen LogP contribution in [0.25, 0.3) is 0 Å². The van der Waals surface area contributed by atoms with Crippen molar-refractivity contribution < 1.29 is 47.6 Å². The number of carbonyl (C=O) groups excluding carboxylic acids is 4. The number of hydrogen-bond donors (Lipinski definition) is 1. The van der Waals surface area contributed by atoms with Gasteiger partial charge in [0.15, 0.2) is 11.5 Å². The third kappa shape index (κ3) is 13.7. The number of methoxy groups -OCH3 is 1. The van der Waals surface area contributed by atoms with Crippen molar-refractivity contribution >= 4 is 24.2 Å². The maximum absolute atomic E-state index is 12.7. The van der Waals surface area contributed by atoms with E-state index in [9.17, 15) is 19.2 Å². The molecule has 0 aliphatic carbocycles. The molecule has 1 rings (SSSR count). The summed E-state index contributed by atoms with van der Waals surface area (Å²) in [6.07, 6.45) is 0.795. The van der Waals surface area contributed by atoms with E-state index < -0.39 is 23.8 Å². The molecule has 0 aliphatic heterocycles. The summed E-state index contributed by atoms with van der Waals surface area (Å²) in [6.45, 7) is 11.9. The van der Waals surface area contributed by atoms with E-state index in [4.69, 9.17) is 34.2 Å². The van der Waals surface area contributed by atoms with Crippen LogP contribution in [0, 0.1) is 17.8 Å². The lowest BCUT2D eigenvalue weighted by atomic mass is 9.88. The Bertz CT molecular complexity index is 993. The van der Waals surface area contributed by atoms with E-state index in [1.807, 2.05) is 34.6 Å². The molecule has 11 heteroatoms. The Kier molecular flexibility index (Phi) is 15.8. The Morgan fingerprint density at radius 1 is 0.805 bits per heavy atom. The molecule has 0 amide bonds. The molecule has 0 saturated carbocycles. The highest BCUT2D eigenvalue weighted by atomic mass is 16.7. The smallest absolute Gasteiger partial charge is 0.468 e. The number of carbonyl (C=O) groups is 4. The zero-order chi connectivity index (χ0) is 31.0. The molecule has 0 heterocycles. The Morgan fingerprint density at radius 3 is 1.88 bits per heavy atom. The van der Waals surface area contributed by atoms with Crippen molar-refractivity contribution in [3.8, 4) is 11.5 Å². The fourth-order valence-electron chi connectivity index (χ4n) is 3.68. The number of hydrogen-bond acceptors (Lipinski definition) is 11. The molecule has 2 N–H and O–H groups in total. The van der Waals surface area contributed by atoms with Crippen molar-refractivity contribution in [1.29, 1.82) is 0 Å². The van der Waals surface area contributed by atoms with E-state index in [0.29, 0.717) is 36.7 Å². The number of benzene rings is 1. The van der Waals surface area contributed by atoms with Gasteiger partial charge in [0, 0.05) is 12.8 Å². The molecule has 0 spiro atoms. The molecular weight excluding hydrogens is 534 g/mol. The summed E-state index contributed by atoms with van der Waals surface area (Å²) in [5, 5.41) is 0. The first-order valence-corrected chi connectivity index (χ1v) is 14.2. The predicted molar refractivity (Wildman–Crippen MR) is 152 cm³/mol. The number of rotatable bonds is 17. The minimum absolute atomic E-state index is 0.0158. The van der Waals surface area contributed by atoms with Crippen LogP contribution >= 0.6 is 0 Å². The summed E-state index contributed by atoms with van der Waals surface area (Å²) in [4.78, 5) is 49.5. The van der Waals surface area contributed by atoms with Crippen molar-refractivity contribution in [2.45, 2.75) is 85.6 Å². The molecule has 232 valence electrons. The molecule has 0 aromatic heterocycles. The van der Waals surface area contributed by atoms with Gasteiger partial charge in [-0.25, -0.2) is 9.59 Å². The normalized spacial score (nSPS) is 13.2. The van der Waals surface area contributed by atoms with Gasteiger partial charge in [0.25, 0.3) is 0 Å². The molecule has 1 aromatic carbocycles. The highest BCUT2D eigenvalue weighted by molar-refractivity contribution is 5.81. The fraction of sp³-hybridized carbons (Fsp3) is 0.667. The quantitative estimate of drug-likeness (QED) is 0.139. The first-order chi connectivity index (χ1) is 19.3. The van der Waals surface area contributed by atoms with Crippen LogP contribution in [0.5, 0.6) is 11.5 Å². The number of ether oxygens (including phenoxy) is 6. The lowest BCUT2D eigenvalue weighted by molar-refractivity contribution is -0.153. The second-order valence-electron chi connectivity index (χ2n) is 11.0. The van der Waals surface area contributed by atoms with E-state index in [0.717, 1.165) is 6.42 Å². The summed E-state index contributed by atoms with van der Waals surface area (Å²) < 4.78 is 31.1. The third-order valence-electron chi connectivity index (χ3n) is 6.25. The van der Waals surface area contributed by atoms with Crippen LogP contribution in [-0.2, 0) is 35.0 Å². The van der Waals surface area contributed by atoms with Gasteiger partial charge in [-0.05, 0) is 48.8 Å². The van der Waals surface area contributed by atoms with Crippen LogP contribution in [0.3, 0.4) is 0 Å². The molecule has 0 radical (unpaired) electrons. The number of esters is 2. The van der Waals surface area contributed by atoms with Crippen LogP contribution in [0.15, 0.2) is 18.2 Å². The molecule has 0 saturated heterocycles. The summed E-state index contributed by atoms with van der Waals surface area (Å²) in [5.41, 5.74) is 5.35. The summed E-state index contributed by atoms with van der Waals surface area (Å²) in [6, 6.07) is 4.38. The first-order valence-electron chi connectivity index (χ1n) is 14.2. The van der Waals surface area contributed by atoms with Crippen LogP contribution < -0.4 is 15.2 Å². The maximum Gasteiger partial charge on any atom is 0.513 e. The maximum atomic E-state index is 12.7. The van der Waals surface area contributed by atoms with Crippen molar-refractivity contribution in [3.05, 3.63) is 23.8 Å². The lowest BCUT2D eigenvalue weighted by Crippen LogP contribution is -2.51. The van der Waals surface area contributed by atoms with E-state index in [2.05, 4.69) is 0 Å². The monoisotopic (exact) mass is 581 g/mol. The fourth-order valence-corrected chi connectivity index (χ4v) is 3.68. The first kappa shape index (κ1) is 35.7. The summed E-state index contributed by atoms with van der Waals surface area (Å²) >= 11 is 0. The van der Waals surface area contributed by atoms with Crippen molar-refractivity contribution in [1.82, 2.24) is 0 Å². The molecule has 0 bridgehead atoms. The van der Waals surface area contributed by atoms with Gasteiger partial charge in [-0.3, -0.25) is 9.59 Å². The topological polar surface area (TPSA) is 150 Å². The number of nitrogens with two attached hydrogens (primary N) is 1. The third-order valence-corrected chi connectivity index (χ3v) is 6.25. The molecule has 2 atom stereocenters. The van der Waals surface area contributed by atoms with Crippen LogP contribution in [0.1, 0.15) is 79.2 Å². The standard InChI is InChI=1S/C30H47NO10/c1-8-9-22(6)26(32)37-17-14-30(31,27(33)36-7)19-23-10-11-24(40-28(34)38-15-12-20(2)3)25(18-23)41-29(35)39-16-13-21(4)5/h10-11,18,20-22H,8-9,12-17,19,31H2,1-7H3/t22?,30-/m1/s1. The van der Waals surface area contributed by atoms with Crippen molar-refractivity contribution in [2.24, 2.45) is 23.5 Å². The lowest BCUT2D eigenvalue weighted by Gasteiger charge is -2.27. The zero-order valence-corrected chi connectivity index (χ0v) is 25.5. The van der Waals surface area contributed by atoms with Crippen molar-refractivity contribution in [3.63, 3.8) is 0 Å². The van der Waals surface area contributed by atoms with Gasteiger partial charge in [-0.1, -0.05) is 54.0 Å². The van der Waals surface area contributed by atoms with Gasteiger partial charge in [-0.15, -0.1) is 0 Å². The van der Waals surface area contributed by atoms with E-state index in [1.54, 1.807) is 13.0 Å². The van der Waals surface area contributed by atoms with Gasteiger partial charge in [0.1, 0.15) is 5.54 Å². The zero-order valence-electron chi connectivity index (χ0n) is 25.5. The molecule has 0 aliphatic rings.